The maximum Gasteiger partial charge on any atom is 0.121 e. The van der Waals surface area contributed by atoms with Crippen molar-refractivity contribution in [3.8, 4) is 11.3 Å². The average Bonchev–Trinajstić information content (AvgIpc) is 2.80. The fourth-order valence-electron chi connectivity index (χ4n) is 2.88. The zero-order chi connectivity index (χ0) is 13.9. The van der Waals surface area contributed by atoms with Crippen molar-refractivity contribution in [1.82, 2.24) is 14.7 Å². The molecular weight excluding hydrogens is 248 g/mol. The van der Waals surface area contributed by atoms with Crippen LogP contribution in [-0.4, -0.2) is 27.8 Å². The number of aromatic nitrogens is 2. The van der Waals surface area contributed by atoms with Crippen LogP contribution in [0.3, 0.4) is 0 Å². The number of nitrogen functional groups attached to an aromatic ring is 1. The van der Waals surface area contributed by atoms with Gasteiger partial charge in [0.25, 0.3) is 0 Å². The van der Waals surface area contributed by atoms with Crippen LogP contribution in [0.1, 0.15) is 24.8 Å². The molecule has 1 saturated heterocycles. The van der Waals surface area contributed by atoms with Gasteiger partial charge in [-0.2, -0.15) is 5.10 Å². The third kappa shape index (κ3) is 2.70. The summed E-state index contributed by atoms with van der Waals surface area (Å²) in [6, 6.07) is 10.5. The zero-order valence-corrected chi connectivity index (χ0v) is 12.0. The summed E-state index contributed by atoms with van der Waals surface area (Å²) >= 11 is 0. The SMILES string of the molecule is Cn1nc(-c2ccccc2CN2CCCCC2)cc1N. The Bertz CT molecular complexity index is 562. The van der Waals surface area contributed by atoms with Gasteiger partial charge in [0.1, 0.15) is 5.82 Å². The molecule has 2 aromatic rings. The van der Waals surface area contributed by atoms with E-state index in [1.807, 2.05) is 13.1 Å². The van der Waals surface area contributed by atoms with E-state index < -0.39 is 0 Å². The molecule has 0 bridgehead atoms. The Hall–Kier alpha value is -1.81. The predicted octanol–water partition coefficient (Wildman–Crippen LogP) is 2.66. The molecule has 0 amide bonds. The molecule has 1 aliphatic heterocycles. The fourth-order valence-corrected chi connectivity index (χ4v) is 2.88. The number of nitrogens with two attached hydrogens (primary N) is 1. The van der Waals surface area contributed by atoms with Crippen molar-refractivity contribution < 1.29 is 0 Å². The van der Waals surface area contributed by atoms with Crippen molar-refractivity contribution in [2.24, 2.45) is 7.05 Å². The largest absolute Gasteiger partial charge is 0.384 e. The van der Waals surface area contributed by atoms with Crippen molar-refractivity contribution in [1.29, 1.82) is 0 Å². The van der Waals surface area contributed by atoms with Crippen LogP contribution in [0.15, 0.2) is 30.3 Å². The van der Waals surface area contributed by atoms with Crippen molar-refractivity contribution in [3.63, 3.8) is 0 Å². The maximum absolute atomic E-state index is 5.90. The van der Waals surface area contributed by atoms with E-state index in [0.717, 1.165) is 12.2 Å². The predicted molar refractivity (Wildman–Crippen MR) is 82.2 cm³/mol. The molecule has 1 aromatic carbocycles. The van der Waals surface area contributed by atoms with Crippen LogP contribution in [-0.2, 0) is 13.6 Å². The summed E-state index contributed by atoms with van der Waals surface area (Å²) in [7, 11) is 1.88. The van der Waals surface area contributed by atoms with E-state index in [-0.39, 0.29) is 0 Å². The van der Waals surface area contributed by atoms with Crippen molar-refractivity contribution in [2.45, 2.75) is 25.8 Å². The zero-order valence-electron chi connectivity index (χ0n) is 12.0. The number of benzene rings is 1. The van der Waals surface area contributed by atoms with Gasteiger partial charge in [0.05, 0.1) is 5.69 Å². The third-order valence-corrected chi connectivity index (χ3v) is 4.05. The average molecular weight is 270 g/mol. The van der Waals surface area contributed by atoms with E-state index in [2.05, 4.69) is 34.3 Å². The van der Waals surface area contributed by atoms with E-state index in [9.17, 15) is 0 Å². The molecule has 2 N–H and O–H groups in total. The van der Waals surface area contributed by atoms with Gasteiger partial charge >= 0.3 is 0 Å². The molecule has 20 heavy (non-hydrogen) atoms. The summed E-state index contributed by atoms with van der Waals surface area (Å²) in [5.41, 5.74) is 9.41. The highest BCUT2D eigenvalue weighted by atomic mass is 15.3. The minimum Gasteiger partial charge on any atom is -0.384 e. The van der Waals surface area contributed by atoms with Gasteiger partial charge in [-0.3, -0.25) is 9.58 Å². The van der Waals surface area contributed by atoms with Crippen LogP contribution in [0.25, 0.3) is 11.3 Å². The summed E-state index contributed by atoms with van der Waals surface area (Å²) < 4.78 is 1.73. The number of piperidine rings is 1. The summed E-state index contributed by atoms with van der Waals surface area (Å²) in [6.07, 6.45) is 4.01. The van der Waals surface area contributed by atoms with Crippen LogP contribution in [0.5, 0.6) is 0 Å². The lowest BCUT2D eigenvalue weighted by atomic mass is 10.0. The maximum atomic E-state index is 5.90. The summed E-state index contributed by atoms with van der Waals surface area (Å²) in [5, 5.41) is 4.51. The first-order valence-corrected chi connectivity index (χ1v) is 7.34. The Morgan fingerprint density at radius 2 is 1.90 bits per heavy atom. The molecule has 0 radical (unpaired) electrons. The van der Waals surface area contributed by atoms with Gasteiger partial charge in [0.15, 0.2) is 0 Å². The number of nitrogens with zero attached hydrogens (tertiary/aromatic N) is 3. The standard InChI is InChI=1S/C16H22N4/c1-19-16(17)11-15(18-19)14-8-4-3-7-13(14)12-20-9-5-2-6-10-20/h3-4,7-8,11H,2,5-6,9-10,12,17H2,1H3. The van der Waals surface area contributed by atoms with Crippen LogP contribution in [0.2, 0.25) is 0 Å². The van der Waals surface area contributed by atoms with E-state index in [4.69, 9.17) is 5.73 Å². The minimum absolute atomic E-state index is 0.702. The summed E-state index contributed by atoms with van der Waals surface area (Å²) in [6.45, 7) is 3.42. The highest BCUT2D eigenvalue weighted by Gasteiger charge is 2.14. The Morgan fingerprint density at radius 1 is 1.15 bits per heavy atom. The number of anilines is 1. The summed E-state index contributed by atoms with van der Waals surface area (Å²) in [5.74, 6) is 0.702. The molecule has 0 saturated carbocycles. The molecule has 1 fully saturated rings. The number of hydrogen-bond donors (Lipinski definition) is 1. The van der Waals surface area contributed by atoms with E-state index in [1.54, 1.807) is 4.68 Å². The van der Waals surface area contributed by atoms with Gasteiger partial charge in [0.2, 0.25) is 0 Å². The second kappa shape index (κ2) is 5.67. The van der Waals surface area contributed by atoms with Crippen molar-refractivity contribution >= 4 is 5.82 Å². The molecule has 4 heteroatoms. The lowest BCUT2D eigenvalue weighted by Gasteiger charge is -2.27. The first kappa shape index (κ1) is 13.2. The van der Waals surface area contributed by atoms with Gasteiger partial charge in [0, 0.05) is 25.2 Å². The molecule has 106 valence electrons. The van der Waals surface area contributed by atoms with Crippen LogP contribution in [0.4, 0.5) is 5.82 Å². The van der Waals surface area contributed by atoms with Crippen LogP contribution < -0.4 is 5.73 Å². The summed E-state index contributed by atoms with van der Waals surface area (Å²) in [4.78, 5) is 2.54. The topological polar surface area (TPSA) is 47.1 Å². The molecule has 3 rings (SSSR count). The van der Waals surface area contributed by atoms with Crippen LogP contribution in [0, 0.1) is 0 Å². The normalized spacial score (nSPS) is 16.4. The second-order valence-corrected chi connectivity index (χ2v) is 5.57. The molecule has 0 atom stereocenters. The smallest absolute Gasteiger partial charge is 0.121 e. The lowest BCUT2D eigenvalue weighted by Crippen LogP contribution is -2.29. The molecule has 2 heterocycles. The van der Waals surface area contributed by atoms with Crippen molar-refractivity contribution in [2.75, 3.05) is 18.8 Å². The Kier molecular flexibility index (Phi) is 3.74. The monoisotopic (exact) mass is 270 g/mol. The number of rotatable bonds is 3. The first-order chi connectivity index (χ1) is 9.74. The molecule has 1 aromatic heterocycles. The first-order valence-electron chi connectivity index (χ1n) is 7.34. The highest BCUT2D eigenvalue weighted by molar-refractivity contribution is 5.66. The molecule has 0 aliphatic carbocycles. The third-order valence-electron chi connectivity index (χ3n) is 4.05. The lowest BCUT2D eigenvalue weighted by molar-refractivity contribution is 0.221. The number of aryl methyl sites for hydroxylation is 1. The molecule has 0 unspecified atom stereocenters. The van der Waals surface area contributed by atoms with Gasteiger partial charge in [-0.25, -0.2) is 0 Å². The molecule has 1 aliphatic rings. The Balaban J connectivity index is 1.87. The highest BCUT2D eigenvalue weighted by Crippen LogP contribution is 2.25. The van der Waals surface area contributed by atoms with Crippen LogP contribution >= 0.6 is 0 Å². The molecule has 0 spiro atoms. The quantitative estimate of drug-likeness (QED) is 0.932. The number of likely N-dealkylation sites (tertiary alicyclic amines) is 1. The van der Waals surface area contributed by atoms with E-state index in [1.165, 1.54) is 43.5 Å². The Morgan fingerprint density at radius 3 is 2.60 bits per heavy atom. The van der Waals surface area contributed by atoms with Gasteiger partial charge in [-0.15, -0.1) is 0 Å². The molecular formula is C16H22N4. The van der Waals surface area contributed by atoms with Gasteiger partial charge < -0.3 is 5.73 Å². The Labute approximate surface area is 120 Å². The minimum atomic E-state index is 0.702. The number of hydrogen-bond acceptors (Lipinski definition) is 3. The van der Waals surface area contributed by atoms with Crippen molar-refractivity contribution in [3.05, 3.63) is 35.9 Å². The van der Waals surface area contributed by atoms with E-state index >= 15 is 0 Å². The van der Waals surface area contributed by atoms with E-state index in [0.29, 0.717) is 5.82 Å². The van der Waals surface area contributed by atoms with Gasteiger partial charge in [-0.1, -0.05) is 30.7 Å². The fraction of sp³-hybridized carbons (Fsp3) is 0.438. The molecule has 4 nitrogen and oxygen atoms in total. The van der Waals surface area contributed by atoms with Gasteiger partial charge in [-0.05, 0) is 31.5 Å². The second-order valence-electron chi connectivity index (χ2n) is 5.57.